The van der Waals surface area contributed by atoms with Gasteiger partial charge in [-0.1, -0.05) is 0 Å². The van der Waals surface area contributed by atoms with E-state index in [2.05, 4.69) is 6.07 Å². The maximum atomic E-state index is 8.94. The third-order valence-corrected chi connectivity index (χ3v) is 2.22. The first kappa shape index (κ1) is 10.4. The molecule has 0 saturated carbocycles. The molecule has 0 radical (unpaired) electrons. The first-order valence-corrected chi connectivity index (χ1v) is 4.28. The molecule has 3 nitrogen and oxygen atoms in total. The van der Waals surface area contributed by atoms with Crippen LogP contribution in [0.5, 0.6) is 11.5 Å². The molecule has 1 aromatic rings. The average Bonchev–Trinajstić information content (AvgIpc) is 2.17. The second kappa shape index (κ2) is 4.01. The van der Waals surface area contributed by atoms with E-state index in [4.69, 9.17) is 14.7 Å². The number of nitrogens with zero attached hydrogens (tertiary/aromatic N) is 1. The lowest BCUT2D eigenvalue weighted by Gasteiger charge is -2.13. The number of hydrogen-bond acceptors (Lipinski definition) is 3. The molecule has 0 aliphatic heterocycles. The lowest BCUT2D eigenvalue weighted by atomic mass is 10.0. The maximum Gasteiger partial charge on any atom is 0.164 e. The minimum atomic E-state index is 0.634. The summed E-state index contributed by atoms with van der Waals surface area (Å²) < 4.78 is 10.4. The fourth-order valence-corrected chi connectivity index (χ4v) is 1.51. The van der Waals surface area contributed by atoms with Gasteiger partial charge in [0, 0.05) is 5.56 Å². The molecule has 0 amide bonds. The minimum absolute atomic E-state index is 0.634. The zero-order valence-electron chi connectivity index (χ0n) is 8.84. The Morgan fingerprint density at radius 2 is 1.86 bits per heavy atom. The average molecular weight is 191 g/mol. The van der Waals surface area contributed by atoms with Gasteiger partial charge in [0.1, 0.15) is 0 Å². The van der Waals surface area contributed by atoms with Crippen LogP contribution in [0.4, 0.5) is 0 Å². The number of rotatable bonds is 2. The summed E-state index contributed by atoms with van der Waals surface area (Å²) in [5, 5.41) is 8.94. The fourth-order valence-electron chi connectivity index (χ4n) is 1.51. The number of aryl methyl sites for hydroxylation is 1. The normalized spacial score (nSPS) is 9.36. The first-order chi connectivity index (χ1) is 6.65. The van der Waals surface area contributed by atoms with Crippen molar-refractivity contribution < 1.29 is 9.47 Å². The van der Waals surface area contributed by atoms with Gasteiger partial charge in [-0.15, -0.1) is 0 Å². The molecular formula is C11H13NO2. The standard InChI is InChI=1S/C11H13NO2/c1-7-5-10(13-3)11(14-4)8(2)9(7)6-12/h5H,1-4H3. The van der Waals surface area contributed by atoms with Crippen LogP contribution in [0.3, 0.4) is 0 Å². The summed E-state index contributed by atoms with van der Waals surface area (Å²) in [6, 6.07) is 3.96. The molecule has 3 heteroatoms. The Labute approximate surface area is 83.9 Å². The second-order valence-electron chi connectivity index (χ2n) is 3.04. The van der Waals surface area contributed by atoms with Crippen molar-refractivity contribution in [2.24, 2.45) is 0 Å². The van der Waals surface area contributed by atoms with Gasteiger partial charge in [-0.3, -0.25) is 0 Å². The molecule has 14 heavy (non-hydrogen) atoms. The minimum Gasteiger partial charge on any atom is -0.493 e. The Bertz CT molecular complexity index is 391. The fraction of sp³-hybridized carbons (Fsp3) is 0.364. The molecule has 0 heterocycles. The monoisotopic (exact) mass is 191 g/mol. The molecule has 0 aromatic heterocycles. The molecule has 0 aliphatic rings. The number of hydrogen-bond donors (Lipinski definition) is 0. The van der Waals surface area contributed by atoms with Crippen LogP contribution in [0.15, 0.2) is 6.07 Å². The molecule has 0 fully saturated rings. The smallest absolute Gasteiger partial charge is 0.164 e. The molecule has 0 atom stereocenters. The Hall–Kier alpha value is -1.69. The van der Waals surface area contributed by atoms with Crippen LogP contribution in [0.1, 0.15) is 16.7 Å². The molecular weight excluding hydrogens is 178 g/mol. The molecule has 0 N–H and O–H groups in total. The van der Waals surface area contributed by atoms with Gasteiger partial charge in [0.25, 0.3) is 0 Å². The van der Waals surface area contributed by atoms with E-state index in [0.717, 1.165) is 11.1 Å². The third kappa shape index (κ3) is 1.51. The van der Waals surface area contributed by atoms with Crippen molar-refractivity contribution in [3.05, 3.63) is 22.8 Å². The van der Waals surface area contributed by atoms with Crippen LogP contribution in [-0.4, -0.2) is 14.2 Å². The van der Waals surface area contributed by atoms with Crippen LogP contribution in [0.2, 0.25) is 0 Å². The summed E-state index contributed by atoms with van der Waals surface area (Å²) in [6.07, 6.45) is 0. The van der Waals surface area contributed by atoms with Gasteiger partial charge in [0.05, 0.1) is 25.9 Å². The highest BCUT2D eigenvalue weighted by Gasteiger charge is 2.13. The predicted octanol–water partition coefficient (Wildman–Crippen LogP) is 2.19. The van der Waals surface area contributed by atoms with Gasteiger partial charge in [-0.25, -0.2) is 0 Å². The summed E-state index contributed by atoms with van der Waals surface area (Å²) >= 11 is 0. The molecule has 74 valence electrons. The van der Waals surface area contributed by atoms with Crippen molar-refractivity contribution in [2.75, 3.05) is 14.2 Å². The zero-order valence-corrected chi connectivity index (χ0v) is 8.84. The second-order valence-corrected chi connectivity index (χ2v) is 3.04. The number of ether oxygens (including phenoxy) is 2. The number of methoxy groups -OCH3 is 2. The first-order valence-electron chi connectivity index (χ1n) is 4.28. The molecule has 0 aliphatic carbocycles. The van der Waals surface area contributed by atoms with Crippen LogP contribution in [-0.2, 0) is 0 Å². The van der Waals surface area contributed by atoms with Crippen molar-refractivity contribution in [3.63, 3.8) is 0 Å². The lowest BCUT2D eigenvalue weighted by molar-refractivity contribution is 0.352. The van der Waals surface area contributed by atoms with E-state index in [1.807, 2.05) is 19.9 Å². The van der Waals surface area contributed by atoms with E-state index in [-0.39, 0.29) is 0 Å². The van der Waals surface area contributed by atoms with Crippen LogP contribution in [0.25, 0.3) is 0 Å². The number of benzene rings is 1. The van der Waals surface area contributed by atoms with Gasteiger partial charge >= 0.3 is 0 Å². The van der Waals surface area contributed by atoms with Gasteiger partial charge in [0.2, 0.25) is 0 Å². The van der Waals surface area contributed by atoms with Crippen molar-refractivity contribution >= 4 is 0 Å². The predicted molar refractivity (Wildman–Crippen MR) is 53.7 cm³/mol. The van der Waals surface area contributed by atoms with E-state index >= 15 is 0 Å². The largest absolute Gasteiger partial charge is 0.493 e. The van der Waals surface area contributed by atoms with Crippen LogP contribution in [0, 0.1) is 25.2 Å². The van der Waals surface area contributed by atoms with E-state index in [0.29, 0.717) is 17.1 Å². The highest BCUT2D eigenvalue weighted by molar-refractivity contribution is 5.57. The Morgan fingerprint density at radius 3 is 2.29 bits per heavy atom. The van der Waals surface area contributed by atoms with Gasteiger partial charge in [0.15, 0.2) is 11.5 Å². The summed E-state index contributed by atoms with van der Waals surface area (Å²) in [7, 11) is 3.16. The summed E-state index contributed by atoms with van der Waals surface area (Å²) in [5.74, 6) is 1.30. The quantitative estimate of drug-likeness (QED) is 0.719. The highest BCUT2D eigenvalue weighted by Crippen LogP contribution is 2.34. The van der Waals surface area contributed by atoms with Crippen molar-refractivity contribution in [2.45, 2.75) is 13.8 Å². The van der Waals surface area contributed by atoms with E-state index in [9.17, 15) is 0 Å². The Kier molecular flexibility index (Phi) is 2.98. The van der Waals surface area contributed by atoms with E-state index in [1.54, 1.807) is 14.2 Å². The maximum absolute atomic E-state index is 8.94. The third-order valence-electron chi connectivity index (χ3n) is 2.22. The molecule has 1 aromatic carbocycles. The summed E-state index contributed by atoms with van der Waals surface area (Å²) in [5.41, 5.74) is 2.39. The van der Waals surface area contributed by atoms with Crippen LogP contribution >= 0.6 is 0 Å². The Morgan fingerprint density at radius 1 is 1.21 bits per heavy atom. The zero-order chi connectivity index (χ0) is 10.7. The molecule has 0 unspecified atom stereocenters. The van der Waals surface area contributed by atoms with Crippen LogP contribution < -0.4 is 9.47 Å². The van der Waals surface area contributed by atoms with Gasteiger partial charge in [-0.2, -0.15) is 5.26 Å². The summed E-state index contributed by atoms with van der Waals surface area (Å²) in [4.78, 5) is 0. The van der Waals surface area contributed by atoms with E-state index < -0.39 is 0 Å². The SMILES string of the molecule is COc1cc(C)c(C#N)c(C)c1OC. The van der Waals surface area contributed by atoms with Crippen molar-refractivity contribution in [3.8, 4) is 17.6 Å². The van der Waals surface area contributed by atoms with Crippen molar-refractivity contribution in [1.29, 1.82) is 5.26 Å². The highest BCUT2D eigenvalue weighted by atomic mass is 16.5. The molecule has 0 spiro atoms. The Balaban J connectivity index is 3.49. The molecule has 0 bridgehead atoms. The molecule has 1 rings (SSSR count). The topological polar surface area (TPSA) is 42.2 Å². The van der Waals surface area contributed by atoms with Gasteiger partial charge < -0.3 is 9.47 Å². The molecule has 0 saturated heterocycles. The van der Waals surface area contributed by atoms with Crippen molar-refractivity contribution in [1.82, 2.24) is 0 Å². The lowest BCUT2D eigenvalue weighted by Crippen LogP contribution is -1.97. The number of nitriles is 1. The van der Waals surface area contributed by atoms with Gasteiger partial charge in [-0.05, 0) is 25.5 Å². The van der Waals surface area contributed by atoms with E-state index in [1.165, 1.54) is 0 Å². The summed E-state index contributed by atoms with van der Waals surface area (Å²) in [6.45, 7) is 3.74.